The van der Waals surface area contributed by atoms with Gasteiger partial charge in [-0.2, -0.15) is 0 Å². The van der Waals surface area contributed by atoms with Gasteiger partial charge in [-0.25, -0.2) is 4.39 Å². The van der Waals surface area contributed by atoms with E-state index in [9.17, 15) is 9.18 Å². The summed E-state index contributed by atoms with van der Waals surface area (Å²) in [5.74, 6) is -1.49. The lowest BCUT2D eigenvalue weighted by atomic mass is 10.1. The maximum Gasteiger partial charge on any atom is 0.257 e. The highest BCUT2D eigenvalue weighted by molar-refractivity contribution is 7.80. The predicted molar refractivity (Wildman–Crippen MR) is 66.4 cm³/mol. The van der Waals surface area contributed by atoms with E-state index in [1.165, 1.54) is 17.0 Å². The minimum atomic E-state index is -0.767. The molecule has 6 heteroatoms. The zero-order valence-electron chi connectivity index (χ0n) is 9.31. The quantitative estimate of drug-likeness (QED) is 0.796. The Morgan fingerprint density at radius 2 is 2.24 bits per heavy atom. The second-order valence-electron chi connectivity index (χ2n) is 3.45. The number of amides is 1. The molecule has 0 fully saturated rings. The van der Waals surface area contributed by atoms with E-state index in [0.29, 0.717) is 6.54 Å². The van der Waals surface area contributed by atoms with E-state index < -0.39 is 11.7 Å². The molecule has 0 radical (unpaired) electrons. The van der Waals surface area contributed by atoms with Crippen LogP contribution in [0.3, 0.4) is 0 Å². The second kappa shape index (κ2) is 5.58. The third-order valence-corrected chi connectivity index (χ3v) is 2.33. The maximum absolute atomic E-state index is 13.5. The van der Waals surface area contributed by atoms with Crippen LogP contribution in [0.15, 0.2) is 18.2 Å². The predicted octanol–water partition coefficient (Wildman–Crippen LogP) is 1.28. The third-order valence-electron chi connectivity index (χ3n) is 2.20. The number of hydrogen-bond donors (Lipinski definition) is 2. The molecule has 17 heavy (non-hydrogen) atoms. The number of hydrogen-bond acceptors (Lipinski definition) is 3. The van der Waals surface area contributed by atoms with Crippen LogP contribution >= 0.6 is 12.2 Å². The molecule has 0 heterocycles. The lowest BCUT2D eigenvalue weighted by Crippen LogP contribution is -2.37. The van der Waals surface area contributed by atoms with Crippen LogP contribution in [-0.4, -0.2) is 34.0 Å². The van der Waals surface area contributed by atoms with Crippen LogP contribution in [0, 0.1) is 5.82 Å². The third kappa shape index (κ3) is 3.39. The van der Waals surface area contributed by atoms with Crippen molar-refractivity contribution in [2.24, 2.45) is 5.73 Å². The van der Waals surface area contributed by atoms with Crippen molar-refractivity contribution in [2.45, 2.75) is 6.92 Å². The number of phenols is 1. The van der Waals surface area contributed by atoms with Crippen molar-refractivity contribution in [3.05, 3.63) is 29.6 Å². The summed E-state index contributed by atoms with van der Waals surface area (Å²) in [6.07, 6.45) is 0. The van der Waals surface area contributed by atoms with Gasteiger partial charge in [0.2, 0.25) is 0 Å². The minimum Gasteiger partial charge on any atom is -0.508 e. The van der Waals surface area contributed by atoms with Gasteiger partial charge in [-0.05, 0) is 19.1 Å². The molecule has 3 N–H and O–H groups in total. The maximum atomic E-state index is 13.5. The number of rotatable bonds is 4. The molecule has 1 amide bonds. The molecular formula is C11H13FN2O2S. The molecule has 1 rings (SSSR count). The number of carbonyl (C=O) groups excluding carboxylic acids is 1. The number of thiocarbonyl (C=S) groups is 1. The number of aromatic hydroxyl groups is 1. The van der Waals surface area contributed by atoms with Gasteiger partial charge in [-0.1, -0.05) is 12.2 Å². The summed E-state index contributed by atoms with van der Waals surface area (Å²) in [5, 5.41) is 9.05. The Hall–Kier alpha value is -1.69. The molecule has 92 valence electrons. The average Bonchev–Trinajstić information content (AvgIpc) is 2.24. The molecule has 0 spiro atoms. The summed E-state index contributed by atoms with van der Waals surface area (Å²) in [5.41, 5.74) is 5.24. The Kier molecular flexibility index (Phi) is 4.39. The molecule has 0 aliphatic carbocycles. The zero-order valence-corrected chi connectivity index (χ0v) is 10.1. The van der Waals surface area contributed by atoms with E-state index in [1.54, 1.807) is 6.92 Å². The first-order valence-electron chi connectivity index (χ1n) is 5.01. The average molecular weight is 256 g/mol. The largest absolute Gasteiger partial charge is 0.508 e. The molecule has 1 aromatic carbocycles. The number of halogens is 1. The first-order valence-corrected chi connectivity index (χ1v) is 5.42. The van der Waals surface area contributed by atoms with E-state index in [-0.39, 0.29) is 22.8 Å². The van der Waals surface area contributed by atoms with Gasteiger partial charge < -0.3 is 15.7 Å². The molecule has 0 unspecified atom stereocenters. The van der Waals surface area contributed by atoms with E-state index >= 15 is 0 Å². The van der Waals surface area contributed by atoms with Crippen molar-refractivity contribution in [2.75, 3.05) is 13.1 Å². The van der Waals surface area contributed by atoms with Crippen LogP contribution in [0.1, 0.15) is 17.3 Å². The highest BCUT2D eigenvalue weighted by Crippen LogP contribution is 2.16. The number of nitrogens with zero attached hydrogens (tertiary/aromatic N) is 1. The van der Waals surface area contributed by atoms with Crippen LogP contribution in [-0.2, 0) is 0 Å². The van der Waals surface area contributed by atoms with E-state index in [2.05, 4.69) is 0 Å². The summed E-state index contributed by atoms with van der Waals surface area (Å²) in [7, 11) is 0. The normalized spacial score (nSPS) is 10.0. The molecule has 0 aliphatic heterocycles. The molecule has 0 aromatic heterocycles. The van der Waals surface area contributed by atoms with Crippen molar-refractivity contribution in [1.29, 1.82) is 0 Å². The topological polar surface area (TPSA) is 66.6 Å². The molecule has 0 aliphatic rings. The highest BCUT2D eigenvalue weighted by atomic mass is 32.1. The number of carbonyl (C=O) groups is 1. The molecule has 0 saturated heterocycles. The van der Waals surface area contributed by atoms with E-state index in [1.807, 2.05) is 0 Å². The molecule has 0 saturated carbocycles. The van der Waals surface area contributed by atoms with Gasteiger partial charge in [0.25, 0.3) is 5.91 Å². The first kappa shape index (κ1) is 13.4. The Labute approximate surface area is 104 Å². The minimum absolute atomic E-state index is 0.102. The SMILES string of the molecule is CCN(CC(N)=S)C(=O)c1ccc(O)cc1F. The summed E-state index contributed by atoms with van der Waals surface area (Å²) in [4.78, 5) is 13.4. The van der Waals surface area contributed by atoms with E-state index in [4.69, 9.17) is 23.1 Å². The molecular weight excluding hydrogens is 243 g/mol. The van der Waals surface area contributed by atoms with Crippen molar-refractivity contribution in [3.8, 4) is 5.75 Å². The fourth-order valence-electron chi connectivity index (χ4n) is 1.36. The first-order chi connectivity index (χ1) is 7.95. The van der Waals surface area contributed by atoms with Crippen molar-refractivity contribution >= 4 is 23.1 Å². The lowest BCUT2D eigenvalue weighted by Gasteiger charge is -2.20. The standard InChI is InChI=1S/C11H13FN2O2S/c1-2-14(6-10(13)17)11(16)8-4-3-7(15)5-9(8)12/h3-5,15H,2,6H2,1H3,(H2,13,17). The molecule has 0 atom stereocenters. The van der Waals surface area contributed by atoms with Crippen LogP contribution in [0.5, 0.6) is 5.75 Å². The van der Waals surface area contributed by atoms with Gasteiger partial charge in [0.1, 0.15) is 11.6 Å². The smallest absolute Gasteiger partial charge is 0.257 e. The number of phenolic OH excluding ortho intramolecular Hbond substituents is 1. The van der Waals surface area contributed by atoms with Crippen LogP contribution in [0.2, 0.25) is 0 Å². The fraction of sp³-hybridized carbons (Fsp3) is 0.273. The number of nitrogens with two attached hydrogens (primary N) is 1. The Morgan fingerprint density at radius 1 is 1.59 bits per heavy atom. The van der Waals surface area contributed by atoms with Crippen LogP contribution in [0.4, 0.5) is 4.39 Å². The molecule has 4 nitrogen and oxygen atoms in total. The van der Waals surface area contributed by atoms with Gasteiger partial charge >= 0.3 is 0 Å². The highest BCUT2D eigenvalue weighted by Gasteiger charge is 2.18. The van der Waals surface area contributed by atoms with Gasteiger partial charge in [-0.15, -0.1) is 0 Å². The zero-order chi connectivity index (χ0) is 13.0. The summed E-state index contributed by atoms with van der Waals surface area (Å²) < 4.78 is 13.5. The van der Waals surface area contributed by atoms with Crippen LogP contribution < -0.4 is 5.73 Å². The number of likely N-dealkylation sites (N-methyl/N-ethyl adjacent to an activating group) is 1. The molecule has 0 bridgehead atoms. The Bertz CT molecular complexity index is 451. The van der Waals surface area contributed by atoms with Crippen molar-refractivity contribution in [3.63, 3.8) is 0 Å². The number of benzene rings is 1. The summed E-state index contributed by atoms with van der Waals surface area (Å²) >= 11 is 4.71. The summed E-state index contributed by atoms with van der Waals surface area (Å²) in [6, 6.07) is 3.38. The Morgan fingerprint density at radius 3 is 2.71 bits per heavy atom. The van der Waals surface area contributed by atoms with Crippen molar-refractivity contribution < 1.29 is 14.3 Å². The lowest BCUT2D eigenvalue weighted by molar-refractivity contribution is 0.0783. The van der Waals surface area contributed by atoms with Gasteiger partial charge in [0, 0.05) is 12.6 Å². The fourth-order valence-corrected chi connectivity index (χ4v) is 1.52. The Balaban J connectivity index is 2.97. The summed E-state index contributed by atoms with van der Waals surface area (Å²) in [6.45, 7) is 2.22. The second-order valence-corrected chi connectivity index (χ2v) is 3.97. The van der Waals surface area contributed by atoms with Gasteiger partial charge in [-0.3, -0.25) is 4.79 Å². The monoisotopic (exact) mass is 256 g/mol. The van der Waals surface area contributed by atoms with E-state index in [0.717, 1.165) is 6.07 Å². The van der Waals surface area contributed by atoms with Crippen molar-refractivity contribution in [1.82, 2.24) is 4.90 Å². The van der Waals surface area contributed by atoms with Gasteiger partial charge in [0.15, 0.2) is 0 Å². The van der Waals surface area contributed by atoms with Crippen LogP contribution in [0.25, 0.3) is 0 Å². The van der Waals surface area contributed by atoms with Gasteiger partial charge in [0.05, 0.1) is 17.1 Å². The molecule has 1 aromatic rings.